The predicted molar refractivity (Wildman–Crippen MR) is 159 cm³/mol. The maximum atomic E-state index is 15.1. The van der Waals surface area contributed by atoms with Gasteiger partial charge in [-0.15, -0.1) is 0 Å². The second kappa shape index (κ2) is 10.3. The molecule has 0 saturated carbocycles. The first kappa shape index (κ1) is 26.2. The van der Waals surface area contributed by atoms with Gasteiger partial charge in [-0.1, -0.05) is 6.08 Å². The van der Waals surface area contributed by atoms with E-state index in [2.05, 4.69) is 53.7 Å². The van der Waals surface area contributed by atoms with Crippen molar-refractivity contribution in [3.63, 3.8) is 0 Å². The highest BCUT2D eigenvalue weighted by Crippen LogP contribution is 2.38. The van der Waals surface area contributed by atoms with Crippen molar-refractivity contribution in [1.82, 2.24) is 29.7 Å². The summed E-state index contributed by atoms with van der Waals surface area (Å²) in [6.45, 7) is 9.96. The number of halogens is 2. The first-order valence-electron chi connectivity index (χ1n) is 14.2. The molecular formula is C31H32F2N8O. The van der Waals surface area contributed by atoms with Gasteiger partial charge in [-0.2, -0.15) is 0 Å². The molecule has 1 fully saturated rings. The van der Waals surface area contributed by atoms with Gasteiger partial charge >= 0.3 is 0 Å². The lowest BCUT2D eigenvalue weighted by Gasteiger charge is -2.46. The Morgan fingerprint density at radius 1 is 1.10 bits per heavy atom. The minimum Gasteiger partial charge on any atom is -0.489 e. The van der Waals surface area contributed by atoms with Gasteiger partial charge < -0.3 is 29.7 Å². The van der Waals surface area contributed by atoms with Crippen molar-refractivity contribution >= 4 is 28.4 Å². The summed E-state index contributed by atoms with van der Waals surface area (Å²) in [4.78, 5) is 17.7. The van der Waals surface area contributed by atoms with Crippen LogP contribution in [0.25, 0.3) is 22.3 Å². The van der Waals surface area contributed by atoms with Crippen molar-refractivity contribution in [3.8, 4) is 17.0 Å². The highest BCUT2D eigenvalue weighted by molar-refractivity contribution is 5.83. The molecule has 1 atom stereocenters. The number of fused-ring (bicyclic) bond motifs is 4. The van der Waals surface area contributed by atoms with E-state index in [0.29, 0.717) is 29.2 Å². The number of aromatic nitrogens is 4. The summed E-state index contributed by atoms with van der Waals surface area (Å²) in [6.07, 6.45) is 7.48. The summed E-state index contributed by atoms with van der Waals surface area (Å²) in [5.41, 5.74) is 4.14. The number of hydrogen-bond donors (Lipinski definition) is 2. The number of dihydropyridines is 1. The van der Waals surface area contributed by atoms with Gasteiger partial charge in [-0.05, 0) is 51.1 Å². The fourth-order valence-electron chi connectivity index (χ4n) is 6.15. The maximum absolute atomic E-state index is 15.1. The molecule has 9 nitrogen and oxygen atoms in total. The standard InChI is InChI=1S/C31H32F2N8O/c1-18(2)41-19(3)36-30-24(32)11-20(12-27(30)41)29-25(33)15-35-31(38-29)37-21-6-7-26-28(13-21)42-17-23-16-39(9-10-40(23)26)22-5-4-8-34-14-22/h4-7,11-15,18,23,34H,8-10,16-17H2,1-3H3,(H,35,37,38). The van der Waals surface area contributed by atoms with Gasteiger partial charge in [0.1, 0.15) is 29.4 Å². The Kier molecular flexibility index (Phi) is 6.44. The molecule has 0 radical (unpaired) electrons. The van der Waals surface area contributed by atoms with Crippen molar-refractivity contribution in [2.75, 3.05) is 43.0 Å². The van der Waals surface area contributed by atoms with Crippen molar-refractivity contribution in [1.29, 1.82) is 0 Å². The number of anilines is 3. The first-order valence-corrected chi connectivity index (χ1v) is 14.2. The van der Waals surface area contributed by atoms with Crippen molar-refractivity contribution in [2.24, 2.45) is 0 Å². The first-order chi connectivity index (χ1) is 20.4. The molecule has 216 valence electrons. The van der Waals surface area contributed by atoms with E-state index in [1.807, 2.05) is 43.5 Å². The van der Waals surface area contributed by atoms with Gasteiger partial charge in [0.15, 0.2) is 11.6 Å². The van der Waals surface area contributed by atoms with E-state index < -0.39 is 11.6 Å². The second-order valence-corrected chi connectivity index (χ2v) is 11.1. The third kappa shape index (κ3) is 4.58. The molecule has 2 aromatic heterocycles. The van der Waals surface area contributed by atoms with Crippen LogP contribution >= 0.6 is 0 Å². The van der Waals surface area contributed by atoms with E-state index in [4.69, 9.17) is 4.74 Å². The number of piperazine rings is 1. The van der Waals surface area contributed by atoms with E-state index in [-0.39, 0.29) is 29.2 Å². The third-order valence-corrected chi connectivity index (χ3v) is 8.04. The molecule has 2 N–H and O–H groups in total. The van der Waals surface area contributed by atoms with Crippen molar-refractivity contribution < 1.29 is 13.5 Å². The highest BCUT2D eigenvalue weighted by Gasteiger charge is 2.33. The highest BCUT2D eigenvalue weighted by atomic mass is 19.1. The Hall–Kier alpha value is -4.67. The number of nitrogens with one attached hydrogen (secondary N) is 2. The van der Waals surface area contributed by atoms with Gasteiger partial charge in [-0.25, -0.2) is 23.7 Å². The zero-order chi connectivity index (χ0) is 29.0. The Bertz CT molecular complexity index is 1750. The normalized spacial score (nSPS) is 18.0. The van der Waals surface area contributed by atoms with Crippen LogP contribution in [0.3, 0.4) is 0 Å². The van der Waals surface area contributed by atoms with Crippen LogP contribution in [-0.4, -0.2) is 63.2 Å². The molecule has 42 heavy (non-hydrogen) atoms. The number of allylic oxidation sites excluding steroid dienone is 1. The van der Waals surface area contributed by atoms with Gasteiger partial charge in [0.2, 0.25) is 5.95 Å². The average molecular weight is 571 g/mol. The van der Waals surface area contributed by atoms with Gasteiger partial charge in [0.05, 0.1) is 29.1 Å². The fourth-order valence-corrected chi connectivity index (χ4v) is 6.15. The number of hydrogen-bond acceptors (Lipinski definition) is 8. The minimum absolute atomic E-state index is 0.00973. The van der Waals surface area contributed by atoms with E-state index in [9.17, 15) is 4.39 Å². The van der Waals surface area contributed by atoms with E-state index in [0.717, 1.165) is 43.8 Å². The van der Waals surface area contributed by atoms with Crippen LogP contribution in [0.15, 0.2) is 60.6 Å². The molecule has 7 rings (SSSR count). The summed E-state index contributed by atoms with van der Waals surface area (Å²) < 4.78 is 38.2. The average Bonchev–Trinajstić information content (AvgIpc) is 3.34. The molecule has 11 heteroatoms. The van der Waals surface area contributed by atoms with Gasteiger partial charge in [-0.3, -0.25) is 0 Å². The zero-order valence-electron chi connectivity index (χ0n) is 23.7. The number of aryl methyl sites for hydroxylation is 1. The fraction of sp³-hybridized carbons (Fsp3) is 0.323. The van der Waals surface area contributed by atoms with Crippen LogP contribution < -0.4 is 20.3 Å². The van der Waals surface area contributed by atoms with Crippen LogP contribution in [0.5, 0.6) is 5.75 Å². The number of imidazole rings is 1. The number of nitrogens with zero attached hydrogens (tertiary/aromatic N) is 6. The quantitative estimate of drug-likeness (QED) is 0.335. The third-order valence-electron chi connectivity index (χ3n) is 8.04. The van der Waals surface area contributed by atoms with Gasteiger partial charge in [0.25, 0.3) is 0 Å². The number of rotatable bonds is 5. The molecule has 0 aliphatic carbocycles. The monoisotopic (exact) mass is 570 g/mol. The molecule has 3 aliphatic heterocycles. The van der Waals surface area contributed by atoms with Crippen molar-refractivity contribution in [2.45, 2.75) is 32.9 Å². The molecule has 5 heterocycles. The molecule has 4 aromatic rings. The summed E-state index contributed by atoms with van der Waals surface area (Å²) in [7, 11) is 0. The molecule has 2 aromatic carbocycles. The molecule has 0 amide bonds. The lowest BCUT2D eigenvalue weighted by molar-refractivity contribution is 0.194. The Morgan fingerprint density at radius 2 is 1.98 bits per heavy atom. The van der Waals surface area contributed by atoms with E-state index in [1.54, 1.807) is 6.07 Å². The molecule has 3 aliphatic rings. The molecule has 0 bridgehead atoms. The van der Waals surface area contributed by atoms with Crippen LogP contribution in [0.2, 0.25) is 0 Å². The SMILES string of the molecule is Cc1nc2c(F)cc(-c3nc(Nc4ccc5c(c4)OCC4CN(C6=CNCC=C6)CCN54)ncc3F)cc2n1C(C)C. The Morgan fingerprint density at radius 3 is 2.79 bits per heavy atom. The van der Waals surface area contributed by atoms with Gasteiger partial charge in [0, 0.05) is 55.7 Å². The summed E-state index contributed by atoms with van der Waals surface area (Å²) in [5.74, 6) is 0.508. The van der Waals surface area contributed by atoms with Crippen LogP contribution in [-0.2, 0) is 0 Å². The summed E-state index contributed by atoms with van der Waals surface area (Å²) in [5, 5.41) is 6.45. The Labute approximate surface area is 242 Å². The summed E-state index contributed by atoms with van der Waals surface area (Å²) >= 11 is 0. The molecular weight excluding hydrogens is 538 g/mol. The van der Waals surface area contributed by atoms with Crippen LogP contribution in [0, 0.1) is 18.6 Å². The maximum Gasteiger partial charge on any atom is 0.227 e. The van der Waals surface area contributed by atoms with E-state index in [1.165, 1.54) is 11.8 Å². The number of benzene rings is 2. The Balaban J connectivity index is 1.13. The summed E-state index contributed by atoms with van der Waals surface area (Å²) in [6, 6.07) is 9.20. The topological polar surface area (TPSA) is 83.4 Å². The molecule has 1 saturated heterocycles. The van der Waals surface area contributed by atoms with Crippen molar-refractivity contribution in [3.05, 3.63) is 78.0 Å². The van der Waals surface area contributed by atoms with E-state index >= 15 is 4.39 Å². The predicted octanol–water partition coefficient (Wildman–Crippen LogP) is 5.29. The zero-order valence-corrected chi connectivity index (χ0v) is 23.7. The number of ether oxygens (including phenoxy) is 1. The lowest BCUT2D eigenvalue weighted by Crippen LogP contribution is -2.56. The molecule has 1 unspecified atom stereocenters. The van der Waals surface area contributed by atoms with Crippen LogP contribution in [0.1, 0.15) is 25.7 Å². The van der Waals surface area contributed by atoms with Crippen LogP contribution in [0.4, 0.5) is 26.1 Å². The molecule has 0 spiro atoms. The smallest absolute Gasteiger partial charge is 0.227 e. The minimum atomic E-state index is -0.638. The largest absolute Gasteiger partial charge is 0.489 e. The second-order valence-electron chi connectivity index (χ2n) is 11.1. The lowest BCUT2D eigenvalue weighted by atomic mass is 10.1.